The third-order valence-corrected chi connectivity index (χ3v) is 6.79. The zero-order valence-corrected chi connectivity index (χ0v) is 21.3. The Morgan fingerprint density at radius 1 is 1.03 bits per heavy atom. The van der Waals surface area contributed by atoms with Crippen molar-refractivity contribution in [2.45, 2.75) is 24.9 Å². The standard InChI is InChI=1S/C27H26ClF3N4O4/c28-16-4-6-17(7-5-16)33-25(37)19-12-27(39,15-32-14-23(30)31)13-20(19)26(38)34-22-9-8-18(11-21(22)29)35-10-2-1-3-24(35)36/h1-11,19-20,23,32,39H,12-15H2,(H,33,37)(H,34,38)/t19-,20-,27?/m0/s1. The second-order valence-corrected chi connectivity index (χ2v) is 9.86. The topological polar surface area (TPSA) is 112 Å². The number of anilines is 2. The molecule has 1 aliphatic carbocycles. The number of nitrogens with zero attached hydrogens (tertiary/aromatic N) is 1. The SMILES string of the molecule is O=C(Nc1ccc(Cl)cc1)[C@H]1CC(O)(CNCC(F)F)C[C@@H]1C(=O)Nc1ccc(-n2ccccc2=O)cc1F. The lowest BCUT2D eigenvalue weighted by molar-refractivity contribution is -0.128. The summed E-state index contributed by atoms with van der Waals surface area (Å²) in [5.74, 6) is -4.23. The normalized spacial score (nSPS) is 20.7. The van der Waals surface area contributed by atoms with Gasteiger partial charge in [-0.1, -0.05) is 17.7 Å². The number of benzene rings is 2. The summed E-state index contributed by atoms with van der Waals surface area (Å²) in [6.45, 7) is -0.927. The summed E-state index contributed by atoms with van der Waals surface area (Å²) in [7, 11) is 0. The molecule has 3 atom stereocenters. The van der Waals surface area contributed by atoms with Gasteiger partial charge in [-0.3, -0.25) is 19.0 Å². The second kappa shape index (κ2) is 12.0. The fourth-order valence-electron chi connectivity index (χ4n) is 4.69. The quantitative estimate of drug-likeness (QED) is 0.317. The van der Waals surface area contributed by atoms with Crippen LogP contribution in [-0.2, 0) is 9.59 Å². The molecular weight excluding hydrogens is 537 g/mol. The first kappa shape index (κ1) is 28.3. The molecule has 4 N–H and O–H groups in total. The molecule has 1 aromatic heterocycles. The highest BCUT2D eigenvalue weighted by Gasteiger charge is 2.50. The summed E-state index contributed by atoms with van der Waals surface area (Å²) in [5.41, 5.74) is -1.52. The van der Waals surface area contributed by atoms with E-state index in [-0.39, 0.29) is 36.3 Å². The molecule has 8 nitrogen and oxygen atoms in total. The zero-order chi connectivity index (χ0) is 28.2. The van der Waals surface area contributed by atoms with Crippen LogP contribution in [-0.4, -0.2) is 46.6 Å². The lowest BCUT2D eigenvalue weighted by atomic mass is 9.94. The van der Waals surface area contributed by atoms with Crippen molar-refractivity contribution in [2.24, 2.45) is 11.8 Å². The number of hydrogen-bond donors (Lipinski definition) is 4. The maximum Gasteiger partial charge on any atom is 0.255 e. The fraction of sp³-hybridized carbons (Fsp3) is 0.296. The molecule has 0 spiro atoms. The average molecular weight is 563 g/mol. The van der Waals surface area contributed by atoms with E-state index >= 15 is 0 Å². The van der Waals surface area contributed by atoms with Crippen molar-refractivity contribution in [2.75, 3.05) is 23.7 Å². The maximum absolute atomic E-state index is 14.9. The molecule has 0 bridgehead atoms. The minimum Gasteiger partial charge on any atom is -0.389 e. The number of alkyl halides is 2. The number of rotatable bonds is 9. The third kappa shape index (κ3) is 7.05. The first-order valence-corrected chi connectivity index (χ1v) is 12.5. The van der Waals surface area contributed by atoms with Crippen LogP contribution in [0.1, 0.15) is 12.8 Å². The number of amides is 2. The van der Waals surface area contributed by atoms with E-state index in [2.05, 4.69) is 16.0 Å². The van der Waals surface area contributed by atoms with Gasteiger partial charge in [-0.2, -0.15) is 0 Å². The molecule has 0 saturated heterocycles. The lowest BCUT2D eigenvalue weighted by Crippen LogP contribution is -2.40. The molecule has 2 amide bonds. The van der Waals surface area contributed by atoms with Gasteiger partial charge in [0.1, 0.15) is 5.82 Å². The first-order valence-electron chi connectivity index (χ1n) is 12.1. The van der Waals surface area contributed by atoms with E-state index in [0.29, 0.717) is 10.7 Å². The number of pyridine rings is 1. The van der Waals surface area contributed by atoms with Crippen LogP contribution in [0.3, 0.4) is 0 Å². The van der Waals surface area contributed by atoms with Crippen molar-refractivity contribution < 1.29 is 27.9 Å². The van der Waals surface area contributed by atoms with Crippen LogP contribution in [0, 0.1) is 17.7 Å². The van der Waals surface area contributed by atoms with Crippen LogP contribution >= 0.6 is 11.6 Å². The predicted octanol–water partition coefficient (Wildman–Crippen LogP) is 3.82. The summed E-state index contributed by atoms with van der Waals surface area (Å²) in [5, 5.41) is 19.1. The van der Waals surface area contributed by atoms with Crippen molar-refractivity contribution in [3.05, 3.63) is 88.1 Å². The Labute approximate surface area is 226 Å². The Balaban J connectivity index is 1.53. The second-order valence-electron chi connectivity index (χ2n) is 9.43. The monoisotopic (exact) mass is 562 g/mol. The molecule has 1 aliphatic rings. The van der Waals surface area contributed by atoms with Gasteiger partial charge in [-0.05, 0) is 55.3 Å². The van der Waals surface area contributed by atoms with Crippen LogP contribution in [0.2, 0.25) is 5.02 Å². The van der Waals surface area contributed by atoms with Crippen molar-refractivity contribution >= 4 is 34.8 Å². The molecule has 3 aromatic rings. The number of carbonyl (C=O) groups is 2. The zero-order valence-electron chi connectivity index (χ0n) is 20.5. The summed E-state index contributed by atoms with van der Waals surface area (Å²) >= 11 is 5.88. The largest absolute Gasteiger partial charge is 0.389 e. The smallest absolute Gasteiger partial charge is 0.255 e. The van der Waals surface area contributed by atoms with Gasteiger partial charge in [0.2, 0.25) is 11.8 Å². The Hall–Kier alpha value is -3.67. The summed E-state index contributed by atoms with van der Waals surface area (Å²) in [6, 6.07) is 14.6. The van der Waals surface area contributed by atoms with Crippen LogP contribution in [0.25, 0.3) is 5.69 Å². The number of aromatic nitrogens is 1. The minimum atomic E-state index is -2.64. The van der Waals surface area contributed by atoms with E-state index < -0.39 is 48.0 Å². The highest BCUT2D eigenvalue weighted by Crippen LogP contribution is 2.41. The van der Waals surface area contributed by atoms with E-state index in [1.165, 1.54) is 29.0 Å². The predicted molar refractivity (Wildman–Crippen MR) is 141 cm³/mol. The van der Waals surface area contributed by atoms with Gasteiger partial charge in [0.15, 0.2) is 0 Å². The molecule has 206 valence electrons. The minimum absolute atomic E-state index is 0.181. The van der Waals surface area contributed by atoms with Crippen molar-refractivity contribution in [1.82, 2.24) is 9.88 Å². The maximum atomic E-state index is 14.9. The molecule has 1 saturated carbocycles. The molecule has 0 aliphatic heterocycles. The number of carbonyl (C=O) groups excluding carboxylic acids is 2. The van der Waals surface area contributed by atoms with E-state index in [0.717, 1.165) is 6.07 Å². The van der Waals surface area contributed by atoms with Crippen molar-refractivity contribution in [3.8, 4) is 5.69 Å². The Bertz CT molecular complexity index is 1400. The number of aliphatic hydroxyl groups is 1. The fourth-order valence-corrected chi connectivity index (χ4v) is 4.81. The molecular formula is C27H26ClF3N4O4. The van der Waals surface area contributed by atoms with Crippen LogP contribution in [0.15, 0.2) is 71.7 Å². The van der Waals surface area contributed by atoms with Gasteiger partial charge in [0.05, 0.1) is 35.4 Å². The summed E-state index contributed by atoms with van der Waals surface area (Å²) < 4.78 is 41.4. The van der Waals surface area contributed by atoms with E-state index in [4.69, 9.17) is 11.6 Å². The highest BCUT2D eigenvalue weighted by atomic mass is 35.5. The summed E-state index contributed by atoms with van der Waals surface area (Å²) in [4.78, 5) is 38.5. The molecule has 39 heavy (non-hydrogen) atoms. The van der Waals surface area contributed by atoms with Gasteiger partial charge in [-0.25, -0.2) is 13.2 Å². The van der Waals surface area contributed by atoms with Gasteiger partial charge in [-0.15, -0.1) is 0 Å². The lowest BCUT2D eigenvalue weighted by Gasteiger charge is -2.23. The highest BCUT2D eigenvalue weighted by molar-refractivity contribution is 6.30. The molecule has 1 unspecified atom stereocenters. The molecule has 1 heterocycles. The molecule has 12 heteroatoms. The van der Waals surface area contributed by atoms with E-state index in [9.17, 15) is 32.7 Å². The Kier molecular flexibility index (Phi) is 8.73. The molecule has 4 rings (SSSR count). The Morgan fingerprint density at radius 2 is 1.69 bits per heavy atom. The van der Waals surface area contributed by atoms with Crippen molar-refractivity contribution in [1.29, 1.82) is 0 Å². The first-order chi connectivity index (χ1) is 18.5. The number of hydrogen-bond acceptors (Lipinski definition) is 5. The third-order valence-electron chi connectivity index (χ3n) is 6.53. The molecule has 0 radical (unpaired) electrons. The van der Waals surface area contributed by atoms with E-state index in [1.54, 1.807) is 36.4 Å². The van der Waals surface area contributed by atoms with Gasteiger partial charge in [0, 0.05) is 35.6 Å². The van der Waals surface area contributed by atoms with Crippen molar-refractivity contribution in [3.63, 3.8) is 0 Å². The number of nitrogens with one attached hydrogen (secondary N) is 3. The van der Waals surface area contributed by atoms with Gasteiger partial charge < -0.3 is 21.1 Å². The summed E-state index contributed by atoms with van der Waals surface area (Å²) in [6.07, 6.45) is -1.57. The number of halogens is 4. The van der Waals surface area contributed by atoms with Crippen LogP contribution < -0.4 is 21.5 Å². The Morgan fingerprint density at radius 3 is 2.31 bits per heavy atom. The van der Waals surface area contributed by atoms with Gasteiger partial charge in [0.25, 0.3) is 12.0 Å². The molecule has 2 aromatic carbocycles. The van der Waals surface area contributed by atoms with Crippen LogP contribution in [0.5, 0.6) is 0 Å². The van der Waals surface area contributed by atoms with E-state index in [1.807, 2.05) is 0 Å². The average Bonchev–Trinajstić information content (AvgIpc) is 3.24. The van der Waals surface area contributed by atoms with Crippen LogP contribution in [0.4, 0.5) is 24.5 Å². The molecule has 1 fully saturated rings. The van der Waals surface area contributed by atoms with Gasteiger partial charge >= 0.3 is 0 Å².